The van der Waals surface area contributed by atoms with E-state index < -0.39 is 10.0 Å². The molecule has 0 saturated carbocycles. The predicted octanol–water partition coefficient (Wildman–Crippen LogP) is 4.72. The molecule has 0 radical (unpaired) electrons. The number of nitrogens with two attached hydrogens (primary N) is 1. The average molecular weight is 511 g/mol. The van der Waals surface area contributed by atoms with E-state index in [1.165, 1.54) is 12.1 Å². The SMILES string of the molecule is CCOc1cc(CNCCc2ccc(S(N)(=O)=O)cc2)cc(Cl)c1OCc1ccccc1.Cl. The van der Waals surface area contributed by atoms with Crippen LogP contribution in [0.1, 0.15) is 23.6 Å². The summed E-state index contributed by atoms with van der Waals surface area (Å²) >= 11 is 6.50. The molecule has 0 aliphatic carbocycles. The first-order valence-electron chi connectivity index (χ1n) is 10.3. The fourth-order valence-electron chi connectivity index (χ4n) is 3.17. The van der Waals surface area contributed by atoms with Crippen LogP contribution in [0.5, 0.6) is 11.5 Å². The van der Waals surface area contributed by atoms with E-state index in [9.17, 15) is 8.42 Å². The number of nitrogens with one attached hydrogen (secondary N) is 1. The Balaban J connectivity index is 0.00000385. The molecule has 0 bridgehead atoms. The molecule has 33 heavy (non-hydrogen) atoms. The molecule has 3 aromatic carbocycles. The number of ether oxygens (including phenoxy) is 2. The molecule has 0 heterocycles. The molecule has 0 saturated heterocycles. The Hall–Kier alpha value is -2.29. The van der Waals surface area contributed by atoms with Crippen LogP contribution in [-0.4, -0.2) is 21.6 Å². The summed E-state index contributed by atoms with van der Waals surface area (Å²) in [6.07, 6.45) is 0.745. The Labute approximate surface area is 206 Å². The average Bonchev–Trinajstić information content (AvgIpc) is 2.77. The Morgan fingerprint density at radius 1 is 0.939 bits per heavy atom. The third-order valence-electron chi connectivity index (χ3n) is 4.77. The van der Waals surface area contributed by atoms with E-state index in [0.717, 1.165) is 23.1 Å². The van der Waals surface area contributed by atoms with Gasteiger partial charge < -0.3 is 14.8 Å². The molecule has 9 heteroatoms. The standard InChI is InChI=1S/C24H27ClN2O4S.ClH/c1-2-30-23-15-20(14-22(25)24(23)31-17-19-6-4-3-5-7-19)16-27-13-12-18-8-10-21(11-9-18)32(26,28)29;/h3-11,14-15,27H,2,12-13,16-17H2,1H3,(H2,26,28,29);1H. The number of primary sulfonamides is 1. The second-order valence-electron chi connectivity index (χ2n) is 7.23. The van der Waals surface area contributed by atoms with Gasteiger partial charge in [-0.05, 0) is 60.8 Å². The van der Waals surface area contributed by atoms with Crippen molar-refractivity contribution in [2.45, 2.75) is 31.4 Å². The van der Waals surface area contributed by atoms with Crippen LogP contribution in [0.4, 0.5) is 0 Å². The summed E-state index contributed by atoms with van der Waals surface area (Å²) in [5.74, 6) is 1.15. The van der Waals surface area contributed by atoms with Gasteiger partial charge in [-0.15, -0.1) is 12.4 Å². The van der Waals surface area contributed by atoms with Crippen LogP contribution in [0.3, 0.4) is 0 Å². The number of benzene rings is 3. The van der Waals surface area contributed by atoms with Gasteiger partial charge in [0, 0.05) is 6.54 Å². The van der Waals surface area contributed by atoms with E-state index in [4.69, 9.17) is 26.2 Å². The van der Waals surface area contributed by atoms with E-state index in [0.29, 0.717) is 42.8 Å². The molecule has 3 aromatic rings. The Morgan fingerprint density at radius 3 is 2.27 bits per heavy atom. The molecule has 178 valence electrons. The quantitative estimate of drug-likeness (QED) is 0.364. The third kappa shape index (κ3) is 8.21. The zero-order valence-electron chi connectivity index (χ0n) is 18.3. The van der Waals surface area contributed by atoms with Gasteiger partial charge in [0.15, 0.2) is 11.5 Å². The van der Waals surface area contributed by atoms with Crippen molar-refractivity contribution in [1.82, 2.24) is 5.32 Å². The van der Waals surface area contributed by atoms with E-state index >= 15 is 0 Å². The van der Waals surface area contributed by atoms with Gasteiger partial charge in [-0.2, -0.15) is 0 Å². The second-order valence-corrected chi connectivity index (χ2v) is 9.20. The second kappa shape index (κ2) is 12.8. The van der Waals surface area contributed by atoms with Crippen molar-refractivity contribution >= 4 is 34.0 Å². The Kier molecular flexibility index (Phi) is 10.5. The highest BCUT2D eigenvalue weighted by molar-refractivity contribution is 7.89. The van der Waals surface area contributed by atoms with Crippen molar-refractivity contribution in [3.63, 3.8) is 0 Å². The summed E-state index contributed by atoms with van der Waals surface area (Å²) in [6, 6.07) is 20.3. The maximum atomic E-state index is 11.3. The smallest absolute Gasteiger partial charge is 0.238 e. The minimum Gasteiger partial charge on any atom is -0.490 e. The van der Waals surface area contributed by atoms with Crippen LogP contribution >= 0.6 is 24.0 Å². The minimum atomic E-state index is -3.67. The Bertz CT molecular complexity index is 1130. The zero-order valence-corrected chi connectivity index (χ0v) is 20.7. The van der Waals surface area contributed by atoms with Crippen LogP contribution in [-0.2, 0) is 29.6 Å². The monoisotopic (exact) mass is 510 g/mol. The molecule has 0 fully saturated rings. The van der Waals surface area contributed by atoms with Crippen LogP contribution in [0.15, 0.2) is 71.6 Å². The maximum absolute atomic E-state index is 11.3. The van der Waals surface area contributed by atoms with Gasteiger partial charge in [-0.3, -0.25) is 0 Å². The lowest BCUT2D eigenvalue weighted by Gasteiger charge is -2.16. The number of rotatable bonds is 11. The molecular formula is C24H28Cl2N2O4S. The fraction of sp³-hybridized carbons (Fsp3) is 0.250. The van der Waals surface area contributed by atoms with Crippen molar-refractivity contribution in [1.29, 1.82) is 0 Å². The van der Waals surface area contributed by atoms with Gasteiger partial charge in [0.2, 0.25) is 10.0 Å². The number of halogens is 2. The molecule has 0 aromatic heterocycles. The van der Waals surface area contributed by atoms with Crippen molar-refractivity contribution in [2.75, 3.05) is 13.2 Å². The zero-order chi connectivity index (χ0) is 23.0. The van der Waals surface area contributed by atoms with Crippen molar-refractivity contribution in [3.8, 4) is 11.5 Å². The summed E-state index contributed by atoms with van der Waals surface area (Å²) in [5, 5.41) is 9.00. The highest BCUT2D eigenvalue weighted by atomic mass is 35.5. The van der Waals surface area contributed by atoms with Crippen molar-refractivity contribution in [2.24, 2.45) is 5.14 Å². The summed E-state index contributed by atoms with van der Waals surface area (Å²) in [4.78, 5) is 0.113. The van der Waals surface area contributed by atoms with Gasteiger partial charge >= 0.3 is 0 Å². The molecule has 0 aliphatic heterocycles. The summed E-state index contributed by atoms with van der Waals surface area (Å²) < 4.78 is 34.4. The third-order valence-corrected chi connectivity index (χ3v) is 5.98. The van der Waals surface area contributed by atoms with Crippen LogP contribution in [0, 0.1) is 0 Å². The normalized spacial score (nSPS) is 11.0. The highest BCUT2D eigenvalue weighted by Crippen LogP contribution is 2.37. The summed E-state index contributed by atoms with van der Waals surface area (Å²) in [5.41, 5.74) is 3.05. The van der Waals surface area contributed by atoms with E-state index in [2.05, 4.69) is 5.32 Å². The first-order valence-corrected chi connectivity index (χ1v) is 12.2. The van der Waals surface area contributed by atoms with Crippen LogP contribution in [0.2, 0.25) is 5.02 Å². The first-order chi connectivity index (χ1) is 15.4. The van der Waals surface area contributed by atoms with E-state index in [-0.39, 0.29) is 17.3 Å². The van der Waals surface area contributed by atoms with Crippen LogP contribution in [0.25, 0.3) is 0 Å². The molecule has 0 aliphatic rings. The van der Waals surface area contributed by atoms with Gasteiger partial charge in [0.05, 0.1) is 16.5 Å². The van der Waals surface area contributed by atoms with E-state index in [1.54, 1.807) is 12.1 Å². The van der Waals surface area contributed by atoms with E-state index in [1.807, 2.05) is 49.4 Å². The topological polar surface area (TPSA) is 90.6 Å². The summed E-state index contributed by atoms with van der Waals surface area (Å²) in [6.45, 7) is 4.14. The van der Waals surface area contributed by atoms with Crippen molar-refractivity contribution in [3.05, 3.63) is 88.4 Å². The molecule has 3 N–H and O–H groups in total. The predicted molar refractivity (Wildman–Crippen MR) is 134 cm³/mol. The molecular weight excluding hydrogens is 483 g/mol. The lowest BCUT2D eigenvalue weighted by molar-refractivity contribution is 0.269. The molecule has 0 unspecified atom stereocenters. The van der Waals surface area contributed by atoms with Crippen molar-refractivity contribution < 1.29 is 17.9 Å². The lowest BCUT2D eigenvalue weighted by atomic mass is 10.1. The highest BCUT2D eigenvalue weighted by Gasteiger charge is 2.13. The molecule has 0 spiro atoms. The van der Waals surface area contributed by atoms with Gasteiger partial charge in [0.1, 0.15) is 6.61 Å². The fourth-order valence-corrected chi connectivity index (χ4v) is 3.97. The number of hydrogen-bond acceptors (Lipinski definition) is 5. The number of sulfonamides is 1. The molecule has 0 atom stereocenters. The van der Waals surface area contributed by atoms with Gasteiger partial charge in [-0.25, -0.2) is 13.6 Å². The minimum absolute atomic E-state index is 0. The van der Waals surface area contributed by atoms with Crippen LogP contribution < -0.4 is 19.9 Å². The van der Waals surface area contributed by atoms with Gasteiger partial charge in [0.25, 0.3) is 0 Å². The van der Waals surface area contributed by atoms with Gasteiger partial charge in [-0.1, -0.05) is 54.1 Å². The maximum Gasteiger partial charge on any atom is 0.238 e. The lowest BCUT2D eigenvalue weighted by Crippen LogP contribution is -2.17. The molecule has 6 nitrogen and oxygen atoms in total. The number of hydrogen-bond donors (Lipinski definition) is 2. The first kappa shape index (κ1) is 27.0. The molecule has 0 amide bonds. The molecule has 3 rings (SSSR count). The Morgan fingerprint density at radius 2 is 1.64 bits per heavy atom. The largest absolute Gasteiger partial charge is 0.490 e. The summed E-state index contributed by atoms with van der Waals surface area (Å²) in [7, 11) is -3.67.